The predicted octanol–water partition coefficient (Wildman–Crippen LogP) is -0.0497. The van der Waals surface area contributed by atoms with Gasteiger partial charge in [-0.05, 0) is 5.21 Å². The largest absolute Gasteiger partial charge is 0.481 e. The average molecular weight is 159 g/mol. The van der Waals surface area contributed by atoms with Gasteiger partial charge < -0.3 is 5.11 Å². The maximum Gasteiger partial charge on any atom is 0.303 e. The fraction of sp³-hybridized carbons (Fsp3) is 0.500. The molecular formula is C4H5N3O2S. The van der Waals surface area contributed by atoms with Crippen molar-refractivity contribution in [1.82, 2.24) is 14.8 Å². The predicted molar refractivity (Wildman–Crippen MR) is 33.7 cm³/mol. The molecule has 0 radical (unpaired) electrons. The fourth-order valence-corrected chi connectivity index (χ4v) is 0.895. The number of rotatable bonds is 3. The minimum absolute atomic E-state index is 0.0941. The van der Waals surface area contributed by atoms with Crippen LogP contribution in [0.2, 0.25) is 0 Å². The summed E-state index contributed by atoms with van der Waals surface area (Å²) in [5, 5.41) is 15.8. The van der Waals surface area contributed by atoms with Gasteiger partial charge in [0.15, 0.2) is 0 Å². The number of hydrogen-bond acceptors (Lipinski definition) is 5. The molecule has 0 aromatic carbocycles. The van der Waals surface area contributed by atoms with E-state index in [1.165, 1.54) is 0 Å². The highest BCUT2D eigenvalue weighted by molar-refractivity contribution is 7.05. The number of aliphatic carboxylic acids is 1. The van der Waals surface area contributed by atoms with E-state index in [2.05, 4.69) is 14.8 Å². The first-order chi connectivity index (χ1) is 4.79. The van der Waals surface area contributed by atoms with Crippen LogP contribution in [0.25, 0.3) is 0 Å². The van der Waals surface area contributed by atoms with Gasteiger partial charge in [-0.1, -0.05) is 4.49 Å². The molecule has 0 spiro atoms. The van der Waals surface area contributed by atoms with Crippen LogP contribution < -0.4 is 0 Å². The molecule has 0 aliphatic rings. The number of nitrogens with zero attached hydrogens (tertiary/aromatic N) is 3. The van der Waals surface area contributed by atoms with Crippen LogP contribution in [-0.4, -0.2) is 25.9 Å². The van der Waals surface area contributed by atoms with Crippen LogP contribution in [0, 0.1) is 0 Å². The maximum atomic E-state index is 10.0. The van der Waals surface area contributed by atoms with Crippen LogP contribution in [0.4, 0.5) is 0 Å². The Balaban J connectivity index is 2.35. The molecule has 0 saturated carbocycles. The van der Waals surface area contributed by atoms with E-state index in [0.29, 0.717) is 11.4 Å². The zero-order valence-electron chi connectivity index (χ0n) is 5.02. The first-order valence-corrected chi connectivity index (χ1v) is 3.42. The van der Waals surface area contributed by atoms with Crippen molar-refractivity contribution >= 4 is 17.5 Å². The molecule has 1 aromatic heterocycles. The summed E-state index contributed by atoms with van der Waals surface area (Å²) in [6.45, 7) is 0. The minimum Gasteiger partial charge on any atom is -0.481 e. The molecular weight excluding hydrogens is 154 g/mol. The molecule has 0 bridgehead atoms. The Morgan fingerprint density at radius 1 is 1.70 bits per heavy atom. The zero-order valence-corrected chi connectivity index (χ0v) is 5.84. The number of hydrogen-bond donors (Lipinski definition) is 1. The Morgan fingerprint density at radius 3 is 3.00 bits per heavy atom. The molecule has 54 valence electrons. The molecule has 5 nitrogen and oxygen atoms in total. The quantitative estimate of drug-likeness (QED) is 0.669. The lowest BCUT2D eigenvalue weighted by Crippen LogP contribution is -1.96. The van der Waals surface area contributed by atoms with E-state index in [1.54, 1.807) is 0 Å². The number of aromatic nitrogens is 3. The highest BCUT2D eigenvalue weighted by atomic mass is 32.1. The molecule has 0 fully saturated rings. The average Bonchev–Trinajstić information content (AvgIpc) is 2.34. The minimum atomic E-state index is -0.824. The van der Waals surface area contributed by atoms with Gasteiger partial charge in [0.1, 0.15) is 5.01 Å². The molecule has 6 heteroatoms. The van der Waals surface area contributed by atoms with Gasteiger partial charge >= 0.3 is 5.97 Å². The third-order valence-electron chi connectivity index (χ3n) is 0.892. The topological polar surface area (TPSA) is 76.0 Å². The normalized spacial score (nSPS) is 9.60. The van der Waals surface area contributed by atoms with Crippen molar-refractivity contribution in [3.05, 3.63) is 5.01 Å². The van der Waals surface area contributed by atoms with E-state index in [-0.39, 0.29) is 6.42 Å². The molecule has 0 unspecified atom stereocenters. The third-order valence-corrected chi connectivity index (χ3v) is 1.54. The molecule has 1 rings (SSSR count). The summed E-state index contributed by atoms with van der Waals surface area (Å²) < 4.78 is 3.49. The zero-order chi connectivity index (χ0) is 7.40. The Hall–Kier alpha value is -1.04. The van der Waals surface area contributed by atoms with Crippen molar-refractivity contribution in [1.29, 1.82) is 0 Å². The summed E-state index contributed by atoms with van der Waals surface area (Å²) in [5.74, 6) is -0.824. The van der Waals surface area contributed by atoms with Gasteiger partial charge in [0.2, 0.25) is 0 Å². The first-order valence-electron chi connectivity index (χ1n) is 2.65. The van der Waals surface area contributed by atoms with Gasteiger partial charge in [-0.25, -0.2) is 0 Å². The molecule has 1 N–H and O–H groups in total. The van der Waals surface area contributed by atoms with Crippen LogP contribution in [-0.2, 0) is 11.2 Å². The standard InChI is InChI=1S/C4H5N3O2S/c8-4(9)2-1-3-5-6-7-10-3/h1-2H2,(H,8,9). The SMILES string of the molecule is O=C(O)CCc1nnns1. The third kappa shape index (κ3) is 2.06. The Kier molecular flexibility index (Phi) is 2.27. The second kappa shape index (κ2) is 3.21. The highest BCUT2D eigenvalue weighted by Crippen LogP contribution is 2.00. The van der Waals surface area contributed by atoms with Crippen LogP contribution in [0.3, 0.4) is 0 Å². The van der Waals surface area contributed by atoms with Gasteiger partial charge in [-0.15, -0.1) is 5.10 Å². The van der Waals surface area contributed by atoms with E-state index >= 15 is 0 Å². The lowest BCUT2D eigenvalue weighted by atomic mass is 10.3. The van der Waals surface area contributed by atoms with Gasteiger partial charge in [0.25, 0.3) is 0 Å². The second-order valence-electron chi connectivity index (χ2n) is 1.65. The summed E-state index contributed by atoms with van der Waals surface area (Å²) >= 11 is 1.13. The van der Waals surface area contributed by atoms with E-state index in [1.807, 2.05) is 0 Å². The van der Waals surface area contributed by atoms with Gasteiger partial charge in [-0.2, -0.15) is 0 Å². The Bertz CT molecular complexity index is 210. The molecule has 0 saturated heterocycles. The van der Waals surface area contributed by atoms with Crippen LogP contribution in [0.1, 0.15) is 11.4 Å². The smallest absolute Gasteiger partial charge is 0.303 e. The van der Waals surface area contributed by atoms with Crippen molar-refractivity contribution < 1.29 is 9.90 Å². The Labute approximate surface area is 60.9 Å². The van der Waals surface area contributed by atoms with Crippen molar-refractivity contribution in [3.63, 3.8) is 0 Å². The van der Waals surface area contributed by atoms with E-state index in [0.717, 1.165) is 11.5 Å². The molecule has 1 aromatic rings. The van der Waals surface area contributed by atoms with Gasteiger partial charge in [0, 0.05) is 18.0 Å². The lowest BCUT2D eigenvalue weighted by molar-refractivity contribution is -0.136. The van der Waals surface area contributed by atoms with Gasteiger partial charge in [-0.3, -0.25) is 4.79 Å². The van der Waals surface area contributed by atoms with Crippen molar-refractivity contribution in [2.45, 2.75) is 12.8 Å². The van der Waals surface area contributed by atoms with Crippen LogP contribution >= 0.6 is 11.5 Å². The number of carboxylic acids is 1. The van der Waals surface area contributed by atoms with E-state index in [9.17, 15) is 4.79 Å². The Morgan fingerprint density at radius 2 is 2.50 bits per heavy atom. The van der Waals surface area contributed by atoms with Gasteiger partial charge in [0.05, 0.1) is 6.42 Å². The fourth-order valence-electron chi connectivity index (χ4n) is 0.461. The first kappa shape index (κ1) is 7.07. The van der Waals surface area contributed by atoms with E-state index in [4.69, 9.17) is 5.11 Å². The summed E-state index contributed by atoms with van der Waals surface area (Å²) in [6, 6.07) is 0. The van der Waals surface area contributed by atoms with Crippen molar-refractivity contribution in [2.24, 2.45) is 0 Å². The highest BCUT2D eigenvalue weighted by Gasteiger charge is 2.01. The monoisotopic (exact) mass is 159 g/mol. The molecule has 0 atom stereocenters. The number of aryl methyl sites for hydroxylation is 1. The molecule has 10 heavy (non-hydrogen) atoms. The van der Waals surface area contributed by atoms with E-state index < -0.39 is 5.97 Å². The van der Waals surface area contributed by atoms with Crippen molar-refractivity contribution in [2.75, 3.05) is 0 Å². The van der Waals surface area contributed by atoms with Crippen LogP contribution in [0.5, 0.6) is 0 Å². The maximum absolute atomic E-state index is 10.0. The number of carbonyl (C=O) groups is 1. The molecule has 0 amide bonds. The summed E-state index contributed by atoms with van der Waals surface area (Å²) in [4.78, 5) is 10.0. The summed E-state index contributed by atoms with van der Waals surface area (Å²) in [5.41, 5.74) is 0. The molecule has 0 aliphatic carbocycles. The lowest BCUT2D eigenvalue weighted by Gasteiger charge is -1.86. The summed E-state index contributed by atoms with van der Waals surface area (Å²) in [6.07, 6.45) is 0.518. The van der Waals surface area contributed by atoms with Crippen molar-refractivity contribution in [3.8, 4) is 0 Å². The molecule has 1 heterocycles. The number of carboxylic acid groups (broad SMARTS) is 1. The van der Waals surface area contributed by atoms with Crippen LogP contribution in [0.15, 0.2) is 0 Å². The molecule has 0 aliphatic heterocycles. The summed E-state index contributed by atoms with van der Waals surface area (Å²) in [7, 11) is 0. The second-order valence-corrected chi connectivity index (χ2v) is 2.47.